The highest BCUT2D eigenvalue weighted by Crippen LogP contribution is 2.12. The van der Waals surface area contributed by atoms with Crippen LogP contribution in [0.3, 0.4) is 0 Å². The molecule has 0 saturated carbocycles. The first-order valence-electron chi connectivity index (χ1n) is 5.53. The van der Waals surface area contributed by atoms with Gasteiger partial charge in [0.05, 0.1) is 6.54 Å². The van der Waals surface area contributed by atoms with Crippen LogP contribution in [-0.4, -0.2) is 33.8 Å². The third kappa shape index (κ3) is 2.41. The Labute approximate surface area is 101 Å². The minimum atomic E-state index is 0.716. The summed E-state index contributed by atoms with van der Waals surface area (Å²) in [4.78, 5) is 5.19. The molecule has 6 nitrogen and oxygen atoms in total. The molecule has 0 amide bonds. The summed E-state index contributed by atoms with van der Waals surface area (Å²) in [6, 6.07) is 4.12. The van der Waals surface area contributed by atoms with Gasteiger partial charge in [-0.25, -0.2) is 0 Å². The average Bonchev–Trinajstić information content (AvgIpc) is 2.82. The first kappa shape index (κ1) is 11.5. The lowest BCUT2D eigenvalue weighted by Crippen LogP contribution is -2.15. The third-order valence-electron chi connectivity index (χ3n) is 2.58. The standard InChI is InChI=1S/C11H18N6/c1-8-5-6-9(13-8)7-12-10-14-15-11(16(2)3)17(10)4/h5-6,13H,7H2,1-4H3,(H,12,14). The number of hydrogen-bond donors (Lipinski definition) is 2. The van der Waals surface area contributed by atoms with Gasteiger partial charge in [0.2, 0.25) is 11.9 Å². The highest BCUT2D eigenvalue weighted by molar-refractivity contribution is 5.38. The molecule has 0 atom stereocenters. The first-order chi connectivity index (χ1) is 8.08. The maximum atomic E-state index is 4.11. The molecule has 92 valence electrons. The Bertz CT molecular complexity index is 496. The van der Waals surface area contributed by atoms with Gasteiger partial charge < -0.3 is 15.2 Å². The van der Waals surface area contributed by atoms with Crippen LogP contribution in [0, 0.1) is 6.92 Å². The van der Waals surface area contributed by atoms with E-state index in [2.05, 4.69) is 32.6 Å². The van der Waals surface area contributed by atoms with Crippen LogP contribution >= 0.6 is 0 Å². The molecule has 2 aromatic heterocycles. The Kier molecular flexibility index (Phi) is 3.03. The minimum Gasteiger partial charge on any atom is -0.361 e. The second kappa shape index (κ2) is 4.48. The van der Waals surface area contributed by atoms with E-state index in [1.807, 2.05) is 37.5 Å². The highest BCUT2D eigenvalue weighted by Gasteiger charge is 2.09. The first-order valence-corrected chi connectivity index (χ1v) is 5.53. The van der Waals surface area contributed by atoms with E-state index in [1.54, 1.807) is 0 Å². The van der Waals surface area contributed by atoms with Crippen molar-refractivity contribution in [2.75, 3.05) is 24.3 Å². The van der Waals surface area contributed by atoms with E-state index in [1.165, 1.54) is 0 Å². The highest BCUT2D eigenvalue weighted by atomic mass is 15.4. The van der Waals surface area contributed by atoms with Gasteiger partial charge in [0.25, 0.3) is 0 Å². The summed E-state index contributed by atoms with van der Waals surface area (Å²) >= 11 is 0. The van der Waals surface area contributed by atoms with Crippen LogP contribution in [-0.2, 0) is 13.6 Å². The largest absolute Gasteiger partial charge is 0.361 e. The van der Waals surface area contributed by atoms with Gasteiger partial charge in [-0.3, -0.25) is 4.57 Å². The summed E-state index contributed by atoms with van der Waals surface area (Å²) in [5, 5.41) is 11.5. The molecule has 6 heteroatoms. The fraction of sp³-hybridized carbons (Fsp3) is 0.455. The van der Waals surface area contributed by atoms with E-state index in [0.29, 0.717) is 6.54 Å². The zero-order valence-electron chi connectivity index (χ0n) is 10.7. The molecule has 0 spiro atoms. The molecule has 0 fully saturated rings. The van der Waals surface area contributed by atoms with Gasteiger partial charge in [0.1, 0.15) is 0 Å². The Hall–Kier alpha value is -1.98. The predicted molar refractivity (Wildman–Crippen MR) is 68.2 cm³/mol. The van der Waals surface area contributed by atoms with E-state index in [-0.39, 0.29) is 0 Å². The quantitative estimate of drug-likeness (QED) is 0.832. The number of anilines is 2. The molecule has 17 heavy (non-hydrogen) atoms. The fourth-order valence-electron chi connectivity index (χ4n) is 1.70. The van der Waals surface area contributed by atoms with Crippen molar-refractivity contribution >= 4 is 11.9 Å². The topological polar surface area (TPSA) is 61.8 Å². The van der Waals surface area contributed by atoms with Gasteiger partial charge in [0.15, 0.2) is 0 Å². The molecule has 0 radical (unpaired) electrons. The summed E-state index contributed by atoms with van der Waals surface area (Å²) in [7, 11) is 5.84. The molecule has 0 saturated heterocycles. The Morgan fingerprint density at radius 1 is 1.35 bits per heavy atom. The van der Waals surface area contributed by atoms with E-state index in [9.17, 15) is 0 Å². The van der Waals surface area contributed by atoms with E-state index < -0.39 is 0 Å². The Morgan fingerprint density at radius 2 is 2.12 bits per heavy atom. The number of H-pyrrole nitrogens is 1. The zero-order valence-corrected chi connectivity index (χ0v) is 10.7. The molecule has 2 heterocycles. The smallest absolute Gasteiger partial charge is 0.227 e. The van der Waals surface area contributed by atoms with Gasteiger partial charge in [-0.1, -0.05) is 0 Å². The van der Waals surface area contributed by atoms with Crippen molar-refractivity contribution in [2.45, 2.75) is 13.5 Å². The van der Waals surface area contributed by atoms with Crippen molar-refractivity contribution in [1.29, 1.82) is 0 Å². The molecule has 0 aliphatic carbocycles. The summed E-state index contributed by atoms with van der Waals surface area (Å²) in [5.74, 6) is 1.59. The molecule has 2 aromatic rings. The van der Waals surface area contributed by atoms with Crippen molar-refractivity contribution in [3.05, 3.63) is 23.5 Å². The molecule has 0 bridgehead atoms. The number of nitrogens with zero attached hydrogens (tertiary/aromatic N) is 4. The molecule has 0 aliphatic heterocycles. The van der Waals surface area contributed by atoms with Crippen LogP contribution in [0.15, 0.2) is 12.1 Å². The lowest BCUT2D eigenvalue weighted by Gasteiger charge is -2.11. The molecule has 0 aromatic carbocycles. The minimum absolute atomic E-state index is 0.716. The van der Waals surface area contributed by atoms with Crippen LogP contribution in [0.25, 0.3) is 0 Å². The maximum absolute atomic E-state index is 4.11. The SMILES string of the molecule is Cc1ccc(CNc2nnc(N(C)C)n2C)[nH]1. The fourth-order valence-corrected chi connectivity index (χ4v) is 1.70. The lowest BCUT2D eigenvalue weighted by molar-refractivity contribution is 0.860. The van der Waals surface area contributed by atoms with Crippen LogP contribution in [0.2, 0.25) is 0 Å². The summed E-state index contributed by atoms with van der Waals surface area (Å²) in [6.45, 7) is 2.75. The van der Waals surface area contributed by atoms with Crippen LogP contribution in [0.5, 0.6) is 0 Å². The lowest BCUT2D eigenvalue weighted by atomic mass is 10.4. The van der Waals surface area contributed by atoms with Crippen LogP contribution in [0.1, 0.15) is 11.4 Å². The normalized spacial score (nSPS) is 10.6. The molecule has 0 aliphatic rings. The van der Waals surface area contributed by atoms with Crippen molar-refractivity contribution in [3.8, 4) is 0 Å². The molecule has 2 N–H and O–H groups in total. The number of hydrogen-bond acceptors (Lipinski definition) is 4. The van der Waals surface area contributed by atoms with Crippen molar-refractivity contribution < 1.29 is 0 Å². The van der Waals surface area contributed by atoms with Crippen molar-refractivity contribution in [2.24, 2.45) is 7.05 Å². The molecular formula is C11H18N6. The third-order valence-corrected chi connectivity index (χ3v) is 2.58. The van der Waals surface area contributed by atoms with E-state index in [0.717, 1.165) is 23.3 Å². The summed E-state index contributed by atoms with van der Waals surface area (Å²) in [6.07, 6.45) is 0. The molecule has 0 unspecified atom stereocenters. The van der Waals surface area contributed by atoms with Gasteiger partial charge in [-0.15, -0.1) is 10.2 Å². The Morgan fingerprint density at radius 3 is 2.65 bits per heavy atom. The van der Waals surface area contributed by atoms with Crippen molar-refractivity contribution in [3.63, 3.8) is 0 Å². The number of aromatic nitrogens is 4. The molecular weight excluding hydrogens is 216 g/mol. The average molecular weight is 234 g/mol. The van der Waals surface area contributed by atoms with E-state index >= 15 is 0 Å². The second-order valence-corrected chi connectivity index (χ2v) is 4.30. The number of aromatic amines is 1. The Balaban J connectivity index is 2.04. The number of rotatable bonds is 4. The van der Waals surface area contributed by atoms with Gasteiger partial charge in [0, 0.05) is 32.5 Å². The summed E-state index contributed by atoms with van der Waals surface area (Å²) < 4.78 is 1.93. The van der Waals surface area contributed by atoms with Crippen LogP contribution < -0.4 is 10.2 Å². The number of nitrogens with one attached hydrogen (secondary N) is 2. The molecule has 2 rings (SSSR count). The van der Waals surface area contributed by atoms with E-state index in [4.69, 9.17) is 0 Å². The zero-order chi connectivity index (χ0) is 12.4. The summed E-state index contributed by atoms with van der Waals surface area (Å²) in [5.41, 5.74) is 2.30. The van der Waals surface area contributed by atoms with Crippen molar-refractivity contribution in [1.82, 2.24) is 19.7 Å². The number of aryl methyl sites for hydroxylation is 1. The maximum Gasteiger partial charge on any atom is 0.227 e. The van der Waals surface area contributed by atoms with Crippen LogP contribution in [0.4, 0.5) is 11.9 Å². The predicted octanol–water partition coefficient (Wildman–Crippen LogP) is 1.13. The second-order valence-electron chi connectivity index (χ2n) is 4.30. The monoisotopic (exact) mass is 234 g/mol. The van der Waals surface area contributed by atoms with Gasteiger partial charge >= 0.3 is 0 Å². The van der Waals surface area contributed by atoms with Gasteiger partial charge in [-0.05, 0) is 19.1 Å². The van der Waals surface area contributed by atoms with Gasteiger partial charge in [-0.2, -0.15) is 0 Å².